The van der Waals surface area contributed by atoms with Gasteiger partial charge in [-0.15, -0.1) is 0 Å². The second kappa shape index (κ2) is 5.21. The SMILES string of the molecule is CCOC(=O)c1ccc(OCF)cc1. The van der Waals surface area contributed by atoms with E-state index in [1.807, 2.05) is 0 Å². The number of alkyl halides is 1. The van der Waals surface area contributed by atoms with Crippen LogP contribution in [-0.2, 0) is 4.74 Å². The van der Waals surface area contributed by atoms with Crippen LogP contribution in [-0.4, -0.2) is 19.4 Å². The van der Waals surface area contributed by atoms with Crippen molar-refractivity contribution in [1.29, 1.82) is 0 Å². The Morgan fingerprint density at radius 3 is 2.50 bits per heavy atom. The highest BCUT2D eigenvalue weighted by Crippen LogP contribution is 2.12. The highest BCUT2D eigenvalue weighted by atomic mass is 19.1. The first kappa shape index (κ1) is 10.5. The molecule has 0 fully saturated rings. The molecular formula is C10H11FO3. The van der Waals surface area contributed by atoms with Crippen LogP contribution < -0.4 is 4.74 Å². The Morgan fingerprint density at radius 2 is 2.00 bits per heavy atom. The topological polar surface area (TPSA) is 35.5 Å². The molecule has 0 spiro atoms. The van der Waals surface area contributed by atoms with E-state index < -0.39 is 6.86 Å². The highest BCUT2D eigenvalue weighted by Gasteiger charge is 2.05. The van der Waals surface area contributed by atoms with E-state index in [-0.39, 0.29) is 5.97 Å². The summed E-state index contributed by atoms with van der Waals surface area (Å²) in [5.74, 6) is -0.000142. The average molecular weight is 198 g/mol. The van der Waals surface area contributed by atoms with Gasteiger partial charge in [0.2, 0.25) is 6.86 Å². The molecule has 0 amide bonds. The molecule has 14 heavy (non-hydrogen) atoms. The van der Waals surface area contributed by atoms with Crippen LogP contribution in [0.1, 0.15) is 17.3 Å². The van der Waals surface area contributed by atoms with Crippen LogP contribution in [0.4, 0.5) is 4.39 Å². The van der Waals surface area contributed by atoms with E-state index in [4.69, 9.17) is 4.74 Å². The fraction of sp³-hybridized carbons (Fsp3) is 0.300. The van der Waals surface area contributed by atoms with E-state index in [0.29, 0.717) is 17.9 Å². The fourth-order valence-electron chi connectivity index (χ4n) is 0.965. The lowest BCUT2D eigenvalue weighted by Crippen LogP contribution is -2.04. The van der Waals surface area contributed by atoms with Crippen molar-refractivity contribution in [2.45, 2.75) is 6.92 Å². The summed E-state index contributed by atoms with van der Waals surface area (Å²) in [5.41, 5.74) is 0.429. The molecule has 0 atom stereocenters. The molecule has 0 heterocycles. The molecule has 0 aliphatic heterocycles. The first-order chi connectivity index (χ1) is 6.77. The first-order valence-corrected chi connectivity index (χ1v) is 4.24. The predicted octanol–water partition coefficient (Wildman–Crippen LogP) is 2.17. The van der Waals surface area contributed by atoms with Gasteiger partial charge in [-0.25, -0.2) is 9.18 Å². The molecular weight excluding hydrogens is 187 g/mol. The molecule has 4 heteroatoms. The van der Waals surface area contributed by atoms with Gasteiger partial charge in [0.1, 0.15) is 5.75 Å². The number of carbonyl (C=O) groups excluding carboxylic acids is 1. The van der Waals surface area contributed by atoms with Crippen molar-refractivity contribution in [2.24, 2.45) is 0 Å². The Labute approximate surface area is 81.4 Å². The standard InChI is InChI=1S/C10H11FO3/c1-2-13-10(12)8-3-5-9(6-4-8)14-7-11/h3-6H,2,7H2,1H3. The van der Waals surface area contributed by atoms with Crippen molar-refractivity contribution < 1.29 is 18.7 Å². The number of ether oxygens (including phenoxy) is 2. The molecule has 1 aromatic rings. The summed E-state index contributed by atoms with van der Waals surface area (Å²) in [7, 11) is 0. The van der Waals surface area contributed by atoms with Gasteiger partial charge in [0.15, 0.2) is 0 Å². The van der Waals surface area contributed by atoms with Gasteiger partial charge in [0, 0.05) is 0 Å². The smallest absolute Gasteiger partial charge is 0.338 e. The summed E-state index contributed by atoms with van der Waals surface area (Å²) in [6.45, 7) is 1.19. The largest absolute Gasteiger partial charge is 0.463 e. The van der Waals surface area contributed by atoms with E-state index in [1.165, 1.54) is 24.3 Å². The van der Waals surface area contributed by atoms with E-state index in [2.05, 4.69) is 4.74 Å². The Bertz CT molecular complexity index is 295. The number of carbonyl (C=O) groups is 1. The van der Waals surface area contributed by atoms with Gasteiger partial charge in [-0.1, -0.05) is 0 Å². The van der Waals surface area contributed by atoms with Gasteiger partial charge in [0.25, 0.3) is 0 Å². The zero-order valence-corrected chi connectivity index (χ0v) is 7.83. The number of hydrogen-bond donors (Lipinski definition) is 0. The third-order valence-electron chi connectivity index (χ3n) is 1.59. The summed E-state index contributed by atoms with van der Waals surface area (Å²) in [6.07, 6.45) is 0. The molecule has 0 bridgehead atoms. The monoisotopic (exact) mass is 198 g/mol. The number of halogens is 1. The molecule has 0 saturated heterocycles. The zero-order chi connectivity index (χ0) is 10.4. The molecule has 0 N–H and O–H groups in total. The molecule has 76 valence electrons. The number of esters is 1. The molecule has 0 aliphatic rings. The lowest BCUT2D eigenvalue weighted by molar-refractivity contribution is 0.0526. The van der Waals surface area contributed by atoms with E-state index in [9.17, 15) is 9.18 Å². The molecule has 0 radical (unpaired) electrons. The zero-order valence-electron chi connectivity index (χ0n) is 7.83. The van der Waals surface area contributed by atoms with Gasteiger partial charge >= 0.3 is 5.97 Å². The maximum absolute atomic E-state index is 11.7. The third kappa shape index (κ3) is 2.73. The average Bonchev–Trinajstić information content (AvgIpc) is 2.20. The van der Waals surface area contributed by atoms with Crippen LogP contribution in [0, 0.1) is 0 Å². The van der Waals surface area contributed by atoms with E-state index in [0.717, 1.165) is 0 Å². The Hall–Kier alpha value is -1.58. The van der Waals surface area contributed by atoms with Crippen molar-refractivity contribution in [3.63, 3.8) is 0 Å². The minimum Gasteiger partial charge on any atom is -0.463 e. The maximum atomic E-state index is 11.7. The first-order valence-electron chi connectivity index (χ1n) is 4.24. The lowest BCUT2D eigenvalue weighted by Gasteiger charge is -2.03. The molecule has 3 nitrogen and oxygen atoms in total. The number of rotatable bonds is 4. The highest BCUT2D eigenvalue weighted by molar-refractivity contribution is 5.89. The minimum atomic E-state index is -0.876. The maximum Gasteiger partial charge on any atom is 0.338 e. The minimum absolute atomic E-state index is 0.335. The molecule has 1 aromatic carbocycles. The summed E-state index contributed by atoms with van der Waals surface area (Å²) in [6, 6.07) is 6.10. The Balaban J connectivity index is 2.67. The normalized spacial score (nSPS) is 9.57. The molecule has 1 rings (SSSR count). The van der Waals surface area contributed by atoms with Crippen molar-refractivity contribution >= 4 is 5.97 Å². The van der Waals surface area contributed by atoms with Crippen molar-refractivity contribution in [1.82, 2.24) is 0 Å². The summed E-state index contributed by atoms with van der Waals surface area (Å²) < 4.78 is 21.1. The van der Waals surface area contributed by atoms with Crippen LogP contribution in [0.3, 0.4) is 0 Å². The molecule has 0 unspecified atom stereocenters. The Morgan fingerprint density at radius 1 is 1.36 bits per heavy atom. The van der Waals surface area contributed by atoms with Gasteiger partial charge in [-0.05, 0) is 31.2 Å². The van der Waals surface area contributed by atoms with Crippen LogP contribution in [0.15, 0.2) is 24.3 Å². The second-order valence-electron chi connectivity index (χ2n) is 2.50. The van der Waals surface area contributed by atoms with Crippen LogP contribution in [0.5, 0.6) is 5.75 Å². The lowest BCUT2D eigenvalue weighted by atomic mass is 10.2. The van der Waals surface area contributed by atoms with Gasteiger partial charge < -0.3 is 9.47 Å². The quantitative estimate of drug-likeness (QED) is 0.695. The Kier molecular flexibility index (Phi) is 3.91. The molecule has 0 aliphatic carbocycles. The summed E-state index contributed by atoms with van der Waals surface area (Å²) >= 11 is 0. The number of benzene rings is 1. The van der Waals surface area contributed by atoms with Crippen molar-refractivity contribution in [3.05, 3.63) is 29.8 Å². The fourth-order valence-corrected chi connectivity index (χ4v) is 0.965. The van der Waals surface area contributed by atoms with Crippen LogP contribution in [0.25, 0.3) is 0 Å². The van der Waals surface area contributed by atoms with E-state index in [1.54, 1.807) is 6.92 Å². The second-order valence-corrected chi connectivity index (χ2v) is 2.50. The van der Waals surface area contributed by atoms with Gasteiger partial charge in [-0.2, -0.15) is 0 Å². The van der Waals surface area contributed by atoms with Gasteiger partial charge in [0.05, 0.1) is 12.2 Å². The summed E-state index contributed by atoms with van der Waals surface area (Å²) in [5, 5.41) is 0. The van der Waals surface area contributed by atoms with Crippen molar-refractivity contribution in [3.8, 4) is 5.75 Å². The van der Waals surface area contributed by atoms with Gasteiger partial charge in [-0.3, -0.25) is 0 Å². The molecule has 0 aromatic heterocycles. The summed E-state index contributed by atoms with van der Waals surface area (Å²) in [4.78, 5) is 11.2. The van der Waals surface area contributed by atoms with Crippen LogP contribution >= 0.6 is 0 Å². The molecule has 0 saturated carbocycles. The predicted molar refractivity (Wildman–Crippen MR) is 49.0 cm³/mol. The van der Waals surface area contributed by atoms with E-state index >= 15 is 0 Å². The van der Waals surface area contributed by atoms with Crippen molar-refractivity contribution in [2.75, 3.05) is 13.5 Å². The number of hydrogen-bond acceptors (Lipinski definition) is 3. The third-order valence-corrected chi connectivity index (χ3v) is 1.59. The van der Waals surface area contributed by atoms with Crippen LogP contribution in [0.2, 0.25) is 0 Å².